The maximum Gasteiger partial charge on any atom is 0.243 e. The summed E-state index contributed by atoms with van der Waals surface area (Å²) < 4.78 is 32.8. The number of hydrogen-bond donors (Lipinski definition) is 0. The molecule has 3 aromatic rings. The van der Waals surface area contributed by atoms with Crippen molar-refractivity contribution in [2.45, 2.75) is 37.6 Å². The van der Waals surface area contributed by atoms with Crippen LogP contribution in [-0.4, -0.2) is 60.9 Å². The van der Waals surface area contributed by atoms with Gasteiger partial charge in [-0.1, -0.05) is 32.0 Å². The van der Waals surface area contributed by atoms with E-state index < -0.39 is 10.0 Å². The lowest BCUT2D eigenvalue weighted by atomic mass is 10.0. The van der Waals surface area contributed by atoms with E-state index in [1.807, 2.05) is 18.2 Å². The molecule has 0 aliphatic carbocycles. The lowest BCUT2D eigenvalue weighted by Crippen LogP contribution is -2.49. The van der Waals surface area contributed by atoms with Gasteiger partial charge in [-0.15, -0.1) is 0 Å². The Morgan fingerprint density at radius 3 is 2.19 bits per heavy atom. The number of hydrogen-bond acceptors (Lipinski definition) is 6. The molecule has 1 atom stereocenters. The minimum Gasteiger partial charge on any atom is -0.497 e. The molecule has 0 spiro atoms. The summed E-state index contributed by atoms with van der Waals surface area (Å²) in [6.07, 6.45) is 0. The van der Waals surface area contributed by atoms with Crippen LogP contribution in [0.3, 0.4) is 0 Å². The van der Waals surface area contributed by atoms with Gasteiger partial charge < -0.3 is 4.74 Å². The summed E-state index contributed by atoms with van der Waals surface area (Å²) >= 11 is 0. The van der Waals surface area contributed by atoms with Crippen molar-refractivity contribution in [3.63, 3.8) is 0 Å². The van der Waals surface area contributed by atoms with Crippen LogP contribution in [0.15, 0.2) is 53.4 Å². The summed E-state index contributed by atoms with van der Waals surface area (Å²) in [6, 6.07) is 14.7. The lowest BCUT2D eigenvalue weighted by Gasteiger charge is -2.37. The molecule has 2 heterocycles. The summed E-state index contributed by atoms with van der Waals surface area (Å²) in [5.41, 5.74) is 2.01. The van der Waals surface area contributed by atoms with Crippen molar-refractivity contribution in [1.82, 2.24) is 19.2 Å². The standard InChI is InChI=1S/C24H30N4O3S/c1-17(2)23-21-7-5-6-8-22(21)25-24(26-23)18(3)27-13-15-28(16-14-27)32(29,30)20-11-9-19(31-4)10-12-20/h5-12,17-18H,13-16H2,1-4H3. The van der Waals surface area contributed by atoms with Crippen LogP contribution in [0, 0.1) is 0 Å². The molecule has 1 aliphatic rings. The highest BCUT2D eigenvalue weighted by Crippen LogP contribution is 2.28. The Labute approximate surface area is 190 Å². The fraction of sp³-hybridized carbons (Fsp3) is 0.417. The second-order valence-electron chi connectivity index (χ2n) is 8.43. The molecule has 0 saturated carbocycles. The molecule has 1 aromatic heterocycles. The number of methoxy groups -OCH3 is 1. The van der Waals surface area contributed by atoms with E-state index in [0.717, 1.165) is 22.4 Å². The van der Waals surface area contributed by atoms with E-state index in [9.17, 15) is 8.42 Å². The Hall–Kier alpha value is -2.55. The first-order valence-corrected chi connectivity index (χ1v) is 12.4. The minimum absolute atomic E-state index is 0.00273. The summed E-state index contributed by atoms with van der Waals surface area (Å²) in [4.78, 5) is 12.3. The van der Waals surface area contributed by atoms with Crippen molar-refractivity contribution in [2.75, 3.05) is 33.3 Å². The third kappa shape index (κ3) is 4.35. The van der Waals surface area contributed by atoms with Gasteiger partial charge in [-0.3, -0.25) is 4.90 Å². The van der Waals surface area contributed by atoms with Crippen molar-refractivity contribution in [2.24, 2.45) is 0 Å². The molecule has 4 rings (SSSR count). The van der Waals surface area contributed by atoms with Crippen LogP contribution in [0.2, 0.25) is 0 Å². The topological polar surface area (TPSA) is 75.6 Å². The molecule has 0 radical (unpaired) electrons. The summed E-state index contributed by atoms with van der Waals surface area (Å²) in [6.45, 7) is 8.51. The van der Waals surface area contributed by atoms with Gasteiger partial charge in [0.15, 0.2) is 0 Å². The number of benzene rings is 2. The number of rotatable bonds is 6. The van der Waals surface area contributed by atoms with Gasteiger partial charge in [-0.05, 0) is 43.2 Å². The van der Waals surface area contributed by atoms with E-state index in [0.29, 0.717) is 42.7 Å². The zero-order valence-electron chi connectivity index (χ0n) is 19.0. The minimum atomic E-state index is -3.53. The predicted molar refractivity (Wildman–Crippen MR) is 125 cm³/mol. The Kier molecular flexibility index (Phi) is 6.46. The summed E-state index contributed by atoms with van der Waals surface area (Å²) in [5, 5.41) is 1.09. The van der Waals surface area contributed by atoms with E-state index in [2.05, 4.69) is 31.7 Å². The van der Waals surface area contributed by atoms with Crippen LogP contribution in [0.25, 0.3) is 10.9 Å². The lowest BCUT2D eigenvalue weighted by molar-refractivity contribution is 0.141. The third-order valence-electron chi connectivity index (χ3n) is 6.09. The smallest absolute Gasteiger partial charge is 0.243 e. The van der Waals surface area contributed by atoms with Crippen molar-refractivity contribution < 1.29 is 13.2 Å². The van der Waals surface area contributed by atoms with Gasteiger partial charge in [0.1, 0.15) is 11.6 Å². The maximum absolute atomic E-state index is 13.0. The molecule has 8 heteroatoms. The third-order valence-corrected chi connectivity index (χ3v) is 8.00. The van der Waals surface area contributed by atoms with Crippen LogP contribution in [0.4, 0.5) is 0 Å². The molecule has 7 nitrogen and oxygen atoms in total. The molecule has 0 amide bonds. The Bertz CT molecular complexity index is 1190. The van der Waals surface area contributed by atoms with Gasteiger partial charge in [0, 0.05) is 31.6 Å². The molecule has 1 saturated heterocycles. The van der Waals surface area contributed by atoms with Crippen molar-refractivity contribution in [3.8, 4) is 5.75 Å². The van der Waals surface area contributed by atoms with Gasteiger partial charge >= 0.3 is 0 Å². The van der Waals surface area contributed by atoms with Crippen molar-refractivity contribution in [1.29, 1.82) is 0 Å². The molecule has 0 bridgehead atoms. The summed E-state index contributed by atoms with van der Waals surface area (Å²) in [7, 11) is -1.96. The average Bonchev–Trinajstić information content (AvgIpc) is 2.82. The molecule has 1 aliphatic heterocycles. The zero-order chi connectivity index (χ0) is 22.9. The van der Waals surface area contributed by atoms with Gasteiger partial charge in [-0.2, -0.15) is 4.31 Å². The maximum atomic E-state index is 13.0. The first-order chi connectivity index (χ1) is 15.3. The van der Waals surface area contributed by atoms with E-state index in [1.165, 1.54) is 0 Å². The average molecular weight is 455 g/mol. The molecule has 1 fully saturated rings. The highest BCUT2D eigenvalue weighted by atomic mass is 32.2. The number of aromatic nitrogens is 2. The normalized spacial score (nSPS) is 17.0. The SMILES string of the molecule is COc1ccc(S(=O)(=O)N2CCN(C(C)c3nc(C(C)C)c4ccccc4n3)CC2)cc1. The van der Waals surface area contributed by atoms with E-state index >= 15 is 0 Å². The number of nitrogens with zero attached hydrogens (tertiary/aromatic N) is 4. The van der Waals surface area contributed by atoms with Crippen LogP contribution in [0.1, 0.15) is 44.2 Å². The number of piperazine rings is 1. The number of ether oxygens (including phenoxy) is 1. The zero-order valence-corrected chi connectivity index (χ0v) is 19.8. The van der Waals surface area contributed by atoms with Crippen LogP contribution < -0.4 is 4.74 Å². The molecular weight excluding hydrogens is 424 g/mol. The fourth-order valence-electron chi connectivity index (χ4n) is 4.14. The molecule has 32 heavy (non-hydrogen) atoms. The van der Waals surface area contributed by atoms with Crippen LogP contribution >= 0.6 is 0 Å². The highest BCUT2D eigenvalue weighted by Gasteiger charge is 2.31. The summed E-state index contributed by atoms with van der Waals surface area (Å²) in [5.74, 6) is 1.72. The fourth-order valence-corrected chi connectivity index (χ4v) is 5.56. The quantitative estimate of drug-likeness (QED) is 0.564. The van der Waals surface area contributed by atoms with E-state index in [1.54, 1.807) is 35.7 Å². The van der Waals surface area contributed by atoms with E-state index in [4.69, 9.17) is 14.7 Å². The first-order valence-electron chi connectivity index (χ1n) is 11.0. The van der Waals surface area contributed by atoms with Gasteiger partial charge in [-0.25, -0.2) is 18.4 Å². The Morgan fingerprint density at radius 1 is 0.906 bits per heavy atom. The molecule has 170 valence electrons. The van der Waals surface area contributed by atoms with Gasteiger partial charge in [0.25, 0.3) is 0 Å². The van der Waals surface area contributed by atoms with Gasteiger partial charge in [0.2, 0.25) is 10.0 Å². The van der Waals surface area contributed by atoms with Crippen molar-refractivity contribution in [3.05, 3.63) is 60.0 Å². The second-order valence-corrected chi connectivity index (χ2v) is 10.4. The predicted octanol–water partition coefficient (Wildman–Crippen LogP) is 3.83. The first kappa shape index (κ1) is 22.6. The number of sulfonamides is 1. The Morgan fingerprint density at radius 2 is 1.56 bits per heavy atom. The van der Waals surface area contributed by atoms with Gasteiger partial charge in [0.05, 0.1) is 29.3 Å². The second kappa shape index (κ2) is 9.13. The molecular formula is C24H30N4O3S. The molecule has 0 N–H and O–H groups in total. The number of fused-ring (bicyclic) bond motifs is 1. The molecule has 2 aromatic carbocycles. The monoisotopic (exact) mass is 454 g/mol. The molecule has 1 unspecified atom stereocenters. The largest absolute Gasteiger partial charge is 0.497 e. The van der Waals surface area contributed by atoms with Crippen molar-refractivity contribution >= 4 is 20.9 Å². The van der Waals surface area contributed by atoms with Crippen LogP contribution in [-0.2, 0) is 10.0 Å². The van der Waals surface area contributed by atoms with Crippen LogP contribution in [0.5, 0.6) is 5.75 Å². The Balaban J connectivity index is 1.50. The highest BCUT2D eigenvalue weighted by molar-refractivity contribution is 7.89. The van der Waals surface area contributed by atoms with E-state index in [-0.39, 0.29) is 6.04 Å². The number of para-hydroxylation sites is 1.